The minimum Gasteiger partial charge on any atom is -0.399 e. The average molecular weight is 216 g/mol. The molecule has 5 heteroatoms. The van der Waals surface area contributed by atoms with E-state index in [1.54, 1.807) is 6.92 Å². The van der Waals surface area contributed by atoms with E-state index in [9.17, 15) is 8.78 Å². The molecule has 1 unspecified atom stereocenters. The van der Waals surface area contributed by atoms with Crippen molar-refractivity contribution in [1.82, 2.24) is 0 Å². The van der Waals surface area contributed by atoms with Crippen molar-refractivity contribution in [2.45, 2.75) is 19.5 Å². The highest BCUT2D eigenvalue weighted by Gasteiger charge is 2.13. The molecular formula is C10H14F2N2O. The molecule has 0 aliphatic rings. The molecule has 0 aliphatic heterocycles. The van der Waals surface area contributed by atoms with Gasteiger partial charge in [-0.15, -0.1) is 0 Å². The minimum absolute atomic E-state index is 0.143. The van der Waals surface area contributed by atoms with Crippen molar-refractivity contribution in [3.05, 3.63) is 23.8 Å². The van der Waals surface area contributed by atoms with Crippen LogP contribution in [-0.2, 0) is 0 Å². The molecule has 1 aromatic carbocycles. The van der Waals surface area contributed by atoms with Crippen molar-refractivity contribution in [3.63, 3.8) is 0 Å². The second-order valence-electron chi connectivity index (χ2n) is 3.38. The zero-order chi connectivity index (χ0) is 11.4. The number of nitrogens with two attached hydrogens (primary N) is 1. The highest BCUT2D eigenvalue weighted by atomic mass is 19.3. The van der Waals surface area contributed by atoms with Crippen LogP contribution in [0.25, 0.3) is 0 Å². The standard InChI is InChI=1S/C10H14F2N2O/c1-6(15)5-14-9-3-2-7(13)4-8(9)10(11)12/h2-4,6,10,14-15H,5,13H2,1H3. The van der Waals surface area contributed by atoms with E-state index in [-0.39, 0.29) is 12.1 Å². The smallest absolute Gasteiger partial charge is 0.265 e. The van der Waals surface area contributed by atoms with E-state index in [1.165, 1.54) is 18.2 Å². The van der Waals surface area contributed by atoms with Gasteiger partial charge in [-0.2, -0.15) is 0 Å². The van der Waals surface area contributed by atoms with E-state index >= 15 is 0 Å². The third kappa shape index (κ3) is 3.36. The molecule has 3 nitrogen and oxygen atoms in total. The molecule has 0 bridgehead atoms. The first-order valence-corrected chi connectivity index (χ1v) is 4.60. The first kappa shape index (κ1) is 11.7. The van der Waals surface area contributed by atoms with Crippen LogP contribution < -0.4 is 11.1 Å². The van der Waals surface area contributed by atoms with Crippen LogP contribution in [0.3, 0.4) is 0 Å². The number of alkyl halides is 2. The number of nitrogens with one attached hydrogen (secondary N) is 1. The number of benzene rings is 1. The van der Waals surface area contributed by atoms with E-state index in [0.29, 0.717) is 11.4 Å². The number of rotatable bonds is 4. The highest BCUT2D eigenvalue weighted by Crippen LogP contribution is 2.28. The van der Waals surface area contributed by atoms with Gasteiger partial charge in [-0.1, -0.05) is 0 Å². The van der Waals surface area contributed by atoms with Crippen LogP contribution in [0.15, 0.2) is 18.2 Å². The third-order valence-electron chi connectivity index (χ3n) is 1.90. The predicted octanol–water partition coefficient (Wildman–Crippen LogP) is 2.00. The second kappa shape index (κ2) is 4.93. The lowest BCUT2D eigenvalue weighted by atomic mass is 10.1. The van der Waals surface area contributed by atoms with Crippen molar-refractivity contribution in [2.24, 2.45) is 0 Å². The van der Waals surface area contributed by atoms with Gasteiger partial charge >= 0.3 is 0 Å². The number of hydrogen-bond donors (Lipinski definition) is 3. The molecule has 84 valence electrons. The lowest BCUT2D eigenvalue weighted by molar-refractivity contribution is 0.152. The summed E-state index contributed by atoms with van der Waals surface area (Å²) in [6.07, 6.45) is -3.17. The van der Waals surface area contributed by atoms with Gasteiger partial charge in [-0.05, 0) is 25.1 Å². The van der Waals surface area contributed by atoms with Gasteiger partial charge in [0.05, 0.1) is 6.10 Å². The van der Waals surface area contributed by atoms with E-state index in [4.69, 9.17) is 10.8 Å². The van der Waals surface area contributed by atoms with Crippen LogP contribution in [0.4, 0.5) is 20.2 Å². The summed E-state index contributed by atoms with van der Waals surface area (Å²) in [6.45, 7) is 1.80. The number of aliphatic hydroxyl groups excluding tert-OH is 1. The van der Waals surface area contributed by atoms with Crippen molar-refractivity contribution < 1.29 is 13.9 Å². The van der Waals surface area contributed by atoms with E-state index in [2.05, 4.69) is 5.32 Å². The minimum atomic E-state index is -2.58. The summed E-state index contributed by atoms with van der Waals surface area (Å²) in [7, 11) is 0. The maximum Gasteiger partial charge on any atom is 0.265 e. The molecule has 0 heterocycles. The summed E-state index contributed by atoms with van der Waals surface area (Å²) < 4.78 is 25.1. The fourth-order valence-corrected chi connectivity index (χ4v) is 1.18. The fourth-order valence-electron chi connectivity index (χ4n) is 1.18. The van der Waals surface area contributed by atoms with Gasteiger partial charge in [0, 0.05) is 23.5 Å². The lowest BCUT2D eigenvalue weighted by Gasteiger charge is -2.13. The van der Waals surface area contributed by atoms with Crippen LogP contribution in [0.2, 0.25) is 0 Å². The molecule has 4 N–H and O–H groups in total. The summed E-state index contributed by atoms with van der Waals surface area (Å²) in [4.78, 5) is 0. The Kier molecular flexibility index (Phi) is 3.85. The maximum absolute atomic E-state index is 12.6. The Bertz CT molecular complexity index is 329. The Morgan fingerprint density at radius 3 is 2.67 bits per heavy atom. The first-order valence-electron chi connectivity index (χ1n) is 4.60. The summed E-state index contributed by atoms with van der Waals surface area (Å²) in [6, 6.07) is 4.25. The molecule has 15 heavy (non-hydrogen) atoms. The number of nitrogen functional groups attached to an aromatic ring is 1. The molecule has 0 saturated heterocycles. The molecule has 1 aromatic rings. The third-order valence-corrected chi connectivity index (χ3v) is 1.90. The lowest BCUT2D eigenvalue weighted by Crippen LogP contribution is -2.16. The number of aliphatic hydroxyl groups is 1. The topological polar surface area (TPSA) is 58.3 Å². The summed E-state index contributed by atoms with van der Waals surface area (Å²) >= 11 is 0. The summed E-state index contributed by atoms with van der Waals surface area (Å²) in [5, 5.41) is 11.8. The van der Waals surface area contributed by atoms with Crippen molar-refractivity contribution >= 4 is 11.4 Å². The zero-order valence-electron chi connectivity index (χ0n) is 8.37. The molecule has 0 aromatic heterocycles. The molecule has 0 aliphatic carbocycles. The molecule has 0 saturated carbocycles. The van der Waals surface area contributed by atoms with E-state index in [0.717, 1.165) is 0 Å². The normalized spacial score (nSPS) is 12.9. The molecular weight excluding hydrogens is 202 g/mol. The summed E-state index contributed by atoms with van der Waals surface area (Å²) in [5.41, 5.74) is 5.87. The van der Waals surface area contributed by atoms with Crippen LogP contribution in [-0.4, -0.2) is 17.8 Å². The van der Waals surface area contributed by atoms with Gasteiger partial charge in [-0.25, -0.2) is 8.78 Å². The number of anilines is 2. The van der Waals surface area contributed by atoms with Crippen molar-refractivity contribution in [1.29, 1.82) is 0 Å². The molecule has 0 radical (unpaired) electrons. The van der Waals surface area contributed by atoms with Gasteiger partial charge in [0.25, 0.3) is 6.43 Å². The Hall–Kier alpha value is -1.36. The van der Waals surface area contributed by atoms with Gasteiger partial charge < -0.3 is 16.2 Å². The quantitative estimate of drug-likeness (QED) is 0.675. The van der Waals surface area contributed by atoms with Crippen LogP contribution >= 0.6 is 0 Å². The summed E-state index contributed by atoms with van der Waals surface area (Å²) in [5.74, 6) is 0. The number of hydrogen-bond acceptors (Lipinski definition) is 3. The Balaban J connectivity index is 2.86. The monoisotopic (exact) mass is 216 g/mol. The van der Waals surface area contributed by atoms with Crippen LogP contribution in [0, 0.1) is 0 Å². The molecule has 1 rings (SSSR count). The fraction of sp³-hybridized carbons (Fsp3) is 0.400. The van der Waals surface area contributed by atoms with Crippen molar-refractivity contribution in [3.8, 4) is 0 Å². The number of halogens is 2. The van der Waals surface area contributed by atoms with Gasteiger partial charge in [0.2, 0.25) is 0 Å². The molecule has 0 fully saturated rings. The average Bonchev–Trinajstić information content (AvgIpc) is 2.15. The van der Waals surface area contributed by atoms with Gasteiger partial charge in [0.15, 0.2) is 0 Å². The SMILES string of the molecule is CC(O)CNc1ccc(N)cc1C(F)F. The van der Waals surface area contributed by atoms with E-state index < -0.39 is 12.5 Å². The Morgan fingerprint density at radius 1 is 1.47 bits per heavy atom. The second-order valence-corrected chi connectivity index (χ2v) is 3.38. The van der Waals surface area contributed by atoms with Crippen LogP contribution in [0.5, 0.6) is 0 Å². The first-order chi connectivity index (χ1) is 7.00. The van der Waals surface area contributed by atoms with Crippen LogP contribution in [0.1, 0.15) is 18.9 Å². The highest BCUT2D eigenvalue weighted by molar-refractivity contribution is 5.58. The van der Waals surface area contributed by atoms with Gasteiger partial charge in [0.1, 0.15) is 0 Å². The Morgan fingerprint density at radius 2 is 2.13 bits per heavy atom. The predicted molar refractivity (Wildman–Crippen MR) is 56.0 cm³/mol. The molecule has 0 amide bonds. The molecule has 0 spiro atoms. The Labute approximate surface area is 86.9 Å². The zero-order valence-corrected chi connectivity index (χ0v) is 8.37. The van der Waals surface area contributed by atoms with E-state index in [1.807, 2.05) is 0 Å². The molecule has 1 atom stereocenters. The maximum atomic E-state index is 12.6. The van der Waals surface area contributed by atoms with Crippen molar-refractivity contribution in [2.75, 3.05) is 17.6 Å². The van der Waals surface area contributed by atoms with Gasteiger partial charge in [-0.3, -0.25) is 0 Å². The largest absolute Gasteiger partial charge is 0.399 e.